The average molecular weight is 245 g/mol. The molecule has 0 unspecified atom stereocenters. The normalized spacial score (nSPS) is 17.0. The van der Waals surface area contributed by atoms with Crippen molar-refractivity contribution in [2.45, 2.75) is 18.8 Å². The third-order valence-corrected chi connectivity index (χ3v) is 4.02. The van der Waals surface area contributed by atoms with Crippen LogP contribution in [0.2, 0.25) is 0 Å². The van der Waals surface area contributed by atoms with Crippen LogP contribution in [0.15, 0.2) is 78.4 Å². The molecule has 0 saturated carbocycles. The summed E-state index contributed by atoms with van der Waals surface area (Å²) in [7, 11) is 0. The Balaban J connectivity index is 2.23. The molecule has 0 N–H and O–H groups in total. The van der Waals surface area contributed by atoms with Crippen molar-refractivity contribution < 1.29 is 0 Å². The van der Waals surface area contributed by atoms with Gasteiger partial charge in [-0.15, -0.1) is 0 Å². The maximum Gasteiger partial charge on any atom is 0.0451 e. The molecule has 1 radical (unpaired) electrons. The number of hydrogen-bond donors (Lipinski definition) is 0. The second kappa shape index (κ2) is 4.89. The van der Waals surface area contributed by atoms with Gasteiger partial charge in [0.05, 0.1) is 0 Å². The summed E-state index contributed by atoms with van der Waals surface area (Å²) in [5, 5.41) is 0. The smallest absolute Gasteiger partial charge is 0.0451 e. The number of allylic oxidation sites excluding steroid dienone is 4. The minimum Gasteiger partial charge on any atom is -0.0622 e. The lowest BCUT2D eigenvalue weighted by Gasteiger charge is -2.37. The number of hydrogen-bond acceptors (Lipinski definition) is 0. The Bertz CT molecular complexity index is 564. The van der Waals surface area contributed by atoms with Gasteiger partial charge < -0.3 is 0 Å². The van der Waals surface area contributed by atoms with Gasteiger partial charge >= 0.3 is 0 Å². The minimum absolute atomic E-state index is 0.0583. The Morgan fingerprint density at radius 2 is 1.37 bits per heavy atom. The van der Waals surface area contributed by atoms with E-state index in [1.807, 2.05) is 6.08 Å². The summed E-state index contributed by atoms with van der Waals surface area (Å²) >= 11 is 0. The monoisotopic (exact) mass is 245 g/mol. The fourth-order valence-corrected chi connectivity index (χ4v) is 2.95. The molecule has 0 amide bonds. The van der Waals surface area contributed by atoms with Crippen molar-refractivity contribution in [2.75, 3.05) is 0 Å². The molecule has 0 heterocycles. The highest BCUT2D eigenvalue weighted by atomic mass is 14.4. The molecular weight excluding hydrogens is 228 g/mol. The molecular formula is C19H17. The summed E-state index contributed by atoms with van der Waals surface area (Å²) in [5.74, 6) is 0. The summed E-state index contributed by atoms with van der Waals surface area (Å²) in [6, 6.07) is 21.5. The topological polar surface area (TPSA) is 0 Å². The molecule has 0 heteroatoms. The first-order valence-corrected chi connectivity index (χ1v) is 6.69. The van der Waals surface area contributed by atoms with Crippen molar-refractivity contribution in [2.24, 2.45) is 0 Å². The van der Waals surface area contributed by atoms with E-state index in [0.29, 0.717) is 0 Å². The third kappa shape index (κ3) is 1.94. The van der Waals surface area contributed by atoms with Crippen molar-refractivity contribution in [1.82, 2.24) is 0 Å². The minimum atomic E-state index is -0.0583. The number of benzene rings is 2. The molecule has 0 aliphatic heterocycles. The molecule has 93 valence electrons. The fourth-order valence-electron chi connectivity index (χ4n) is 2.95. The van der Waals surface area contributed by atoms with Crippen molar-refractivity contribution in [3.8, 4) is 0 Å². The van der Waals surface area contributed by atoms with Gasteiger partial charge in [0.1, 0.15) is 0 Å². The van der Waals surface area contributed by atoms with Crippen LogP contribution in [0.5, 0.6) is 0 Å². The standard InChI is InChI=1S/C19H17/c1-16-10-8-9-15-19(16,17-11-4-2-5-12-17)18-13-6-3-7-14-18/h2-8,10-14H,15H2,1H3. The van der Waals surface area contributed by atoms with Gasteiger partial charge in [0.25, 0.3) is 0 Å². The van der Waals surface area contributed by atoms with Gasteiger partial charge in [-0.1, -0.05) is 78.4 Å². The molecule has 0 spiro atoms. The van der Waals surface area contributed by atoms with E-state index in [0.717, 1.165) is 6.42 Å². The van der Waals surface area contributed by atoms with E-state index in [-0.39, 0.29) is 5.41 Å². The van der Waals surface area contributed by atoms with E-state index in [2.05, 4.69) is 79.7 Å². The van der Waals surface area contributed by atoms with E-state index in [4.69, 9.17) is 0 Å². The van der Waals surface area contributed by atoms with E-state index >= 15 is 0 Å². The highest BCUT2D eigenvalue weighted by Crippen LogP contribution is 2.43. The predicted molar refractivity (Wildman–Crippen MR) is 79.9 cm³/mol. The lowest BCUT2D eigenvalue weighted by atomic mass is 9.66. The van der Waals surface area contributed by atoms with Crippen LogP contribution in [0.1, 0.15) is 24.5 Å². The van der Waals surface area contributed by atoms with Crippen LogP contribution in [0.4, 0.5) is 0 Å². The molecule has 3 rings (SSSR count). The molecule has 0 saturated heterocycles. The summed E-state index contributed by atoms with van der Waals surface area (Å²) < 4.78 is 0. The van der Waals surface area contributed by atoms with Crippen molar-refractivity contribution >= 4 is 0 Å². The molecule has 0 fully saturated rings. The Morgan fingerprint density at radius 1 is 0.842 bits per heavy atom. The first-order chi connectivity index (χ1) is 9.34. The zero-order valence-corrected chi connectivity index (χ0v) is 11.1. The van der Waals surface area contributed by atoms with E-state index in [1.165, 1.54) is 16.7 Å². The Kier molecular flexibility index (Phi) is 3.08. The van der Waals surface area contributed by atoms with Gasteiger partial charge in [-0.3, -0.25) is 0 Å². The van der Waals surface area contributed by atoms with Crippen molar-refractivity contribution in [3.63, 3.8) is 0 Å². The zero-order chi connectivity index (χ0) is 13.1. The van der Waals surface area contributed by atoms with E-state index in [1.54, 1.807) is 0 Å². The first-order valence-electron chi connectivity index (χ1n) is 6.69. The van der Waals surface area contributed by atoms with Gasteiger partial charge in [-0.05, 0) is 30.5 Å². The van der Waals surface area contributed by atoms with Crippen molar-refractivity contribution in [1.29, 1.82) is 0 Å². The molecule has 1 aliphatic rings. The predicted octanol–water partition coefficient (Wildman–Crippen LogP) is 4.68. The number of rotatable bonds is 2. The largest absolute Gasteiger partial charge is 0.0622 e. The lowest BCUT2D eigenvalue weighted by Crippen LogP contribution is -2.30. The second-order valence-corrected chi connectivity index (χ2v) is 5.03. The summed E-state index contributed by atoms with van der Waals surface area (Å²) in [4.78, 5) is 0. The van der Waals surface area contributed by atoms with Crippen LogP contribution in [0.25, 0.3) is 0 Å². The van der Waals surface area contributed by atoms with Crippen LogP contribution in [-0.2, 0) is 5.41 Å². The van der Waals surface area contributed by atoms with Crippen LogP contribution < -0.4 is 0 Å². The van der Waals surface area contributed by atoms with Crippen LogP contribution in [0.3, 0.4) is 0 Å². The fraction of sp³-hybridized carbons (Fsp3) is 0.158. The molecule has 2 aromatic rings. The van der Waals surface area contributed by atoms with Gasteiger partial charge in [-0.2, -0.15) is 0 Å². The van der Waals surface area contributed by atoms with Crippen molar-refractivity contribution in [3.05, 3.63) is 95.6 Å². The van der Waals surface area contributed by atoms with E-state index < -0.39 is 0 Å². The second-order valence-electron chi connectivity index (χ2n) is 5.03. The molecule has 0 atom stereocenters. The lowest BCUT2D eigenvalue weighted by molar-refractivity contribution is 0.596. The van der Waals surface area contributed by atoms with Crippen LogP contribution in [0, 0.1) is 6.08 Å². The quantitative estimate of drug-likeness (QED) is 0.720. The maximum absolute atomic E-state index is 3.40. The highest BCUT2D eigenvalue weighted by molar-refractivity contribution is 5.50. The summed E-state index contributed by atoms with van der Waals surface area (Å²) in [5.41, 5.74) is 4.01. The summed E-state index contributed by atoms with van der Waals surface area (Å²) in [6.45, 7) is 2.22. The SMILES string of the molecule is CC1=CC=[C]CC1(c1ccccc1)c1ccccc1. The zero-order valence-electron chi connectivity index (χ0n) is 11.1. The van der Waals surface area contributed by atoms with Gasteiger partial charge in [0, 0.05) is 5.41 Å². The Labute approximate surface area is 115 Å². The third-order valence-electron chi connectivity index (χ3n) is 4.02. The molecule has 0 aromatic heterocycles. The molecule has 1 aliphatic carbocycles. The summed E-state index contributed by atoms with van der Waals surface area (Å²) in [6.07, 6.45) is 8.53. The van der Waals surface area contributed by atoms with E-state index in [9.17, 15) is 0 Å². The van der Waals surface area contributed by atoms with Gasteiger partial charge in [0.2, 0.25) is 0 Å². The molecule has 0 bridgehead atoms. The highest BCUT2D eigenvalue weighted by Gasteiger charge is 2.35. The Morgan fingerprint density at radius 3 is 1.84 bits per heavy atom. The Hall–Kier alpha value is -2.08. The average Bonchev–Trinajstić information content (AvgIpc) is 2.50. The van der Waals surface area contributed by atoms with Gasteiger partial charge in [0.15, 0.2) is 0 Å². The van der Waals surface area contributed by atoms with Crippen LogP contribution in [-0.4, -0.2) is 0 Å². The van der Waals surface area contributed by atoms with Gasteiger partial charge in [-0.25, -0.2) is 0 Å². The molecule has 0 nitrogen and oxygen atoms in total. The molecule has 19 heavy (non-hydrogen) atoms. The maximum atomic E-state index is 3.40. The molecule has 2 aromatic carbocycles. The first kappa shape index (κ1) is 12.0. The van der Waals surface area contributed by atoms with Crippen LogP contribution >= 0.6 is 0 Å².